The molecule has 1 atom stereocenters. The molecule has 1 aliphatic rings. The van der Waals surface area contributed by atoms with Gasteiger partial charge < -0.3 is 9.47 Å². The molecule has 1 fully saturated rings. The first-order valence-corrected chi connectivity index (χ1v) is 4.65. The first-order valence-electron chi connectivity index (χ1n) is 4.65. The highest BCUT2D eigenvalue weighted by Gasteiger charge is 2.17. The van der Waals surface area contributed by atoms with Gasteiger partial charge >= 0.3 is 5.97 Å². The molecule has 0 spiro atoms. The van der Waals surface area contributed by atoms with Crippen LogP contribution in [0.3, 0.4) is 0 Å². The lowest BCUT2D eigenvalue weighted by Crippen LogP contribution is -2.18. The van der Waals surface area contributed by atoms with E-state index in [9.17, 15) is 4.79 Å². The van der Waals surface area contributed by atoms with Gasteiger partial charge in [0.05, 0.1) is 6.10 Å². The number of hydrogen-bond acceptors (Lipinski definition) is 3. The van der Waals surface area contributed by atoms with Crippen LogP contribution < -0.4 is 0 Å². The zero-order valence-electron chi connectivity index (χ0n) is 8.21. The minimum Gasteiger partial charge on any atom is -0.460 e. The summed E-state index contributed by atoms with van der Waals surface area (Å²) in [5.74, 6) is -0.238. The molecule has 0 bridgehead atoms. The van der Waals surface area contributed by atoms with E-state index in [1.165, 1.54) is 0 Å². The Balaban J connectivity index is 2.21. The molecule has 1 unspecified atom stereocenters. The maximum Gasteiger partial charge on any atom is 0.333 e. The summed E-state index contributed by atoms with van der Waals surface area (Å²) < 4.78 is 10.4. The lowest BCUT2D eigenvalue weighted by Gasteiger charge is -2.09. The highest BCUT2D eigenvalue weighted by molar-refractivity contribution is 5.87. The molecule has 0 N–H and O–H groups in total. The maximum atomic E-state index is 11.2. The number of hydrogen-bond donors (Lipinski definition) is 0. The molecule has 1 rings (SSSR count). The van der Waals surface area contributed by atoms with Crippen molar-refractivity contribution in [3.8, 4) is 0 Å². The number of carbonyl (C=O) groups is 1. The molecule has 1 heterocycles. The van der Waals surface area contributed by atoms with Crippen molar-refractivity contribution >= 4 is 5.97 Å². The second-order valence-corrected chi connectivity index (χ2v) is 3.21. The number of allylic oxidation sites excluding steroid dienone is 1. The molecular formula is C10H16O3. The molecule has 74 valence electrons. The van der Waals surface area contributed by atoms with Crippen LogP contribution in [0.15, 0.2) is 11.6 Å². The Morgan fingerprint density at radius 1 is 1.69 bits per heavy atom. The third-order valence-corrected chi connectivity index (χ3v) is 2.18. The van der Waals surface area contributed by atoms with Gasteiger partial charge in [-0.05, 0) is 26.7 Å². The normalized spacial score (nSPS) is 23.2. The highest BCUT2D eigenvalue weighted by Crippen LogP contribution is 2.12. The predicted octanol–water partition coefficient (Wildman–Crippen LogP) is 1.67. The van der Waals surface area contributed by atoms with Gasteiger partial charge in [-0.3, -0.25) is 0 Å². The van der Waals surface area contributed by atoms with Gasteiger partial charge in [0, 0.05) is 12.2 Å². The van der Waals surface area contributed by atoms with E-state index in [2.05, 4.69) is 0 Å². The number of esters is 1. The van der Waals surface area contributed by atoms with Crippen LogP contribution in [0, 0.1) is 0 Å². The van der Waals surface area contributed by atoms with E-state index >= 15 is 0 Å². The average molecular weight is 184 g/mol. The van der Waals surface area contributed by atoms with E-state index in [0.717, 1.165) is 19.4 Å². The van der Waals surface area contributed by atoms with Crippen LogP contribution >= 0.6 is 0 Å². The van der Waals surface area contributed by atoms with Gasteiger partial charge in [0.2, 0.25) is 0 Å². The number of ether oxygens (including phenoxy) is 2. The van der Waals surface area contributed by atoms with Crippen molar-refractivity contribution < 1.29 is 14.3 Å². The van der Waals surface area contributed by atoms with E-state index in [1.54, 1.807) is 13.0 Å². The fraction of sp³-hybridized carbons (Fsp3) is 0.700. The Morgan fingerprint density at radius 2 is 2.46 bits per heavy atom. The Hall–Kier alpha value is -0.830. The van der Waals surface area contributed by atoms with E-state index in [4.69, 9.17) is 9.47 Å². The molecule has 0 aromatic rings. The van der Waals surface area contributed by atoms with Crippen molar-refractivity contribution in [2.75, 3.05) is 13.2 Å². The van der Waals surface area contributed by atoms with Crippen LogP contribution in [0.4, 0.5) is 0 Å². The molecule has 3 heteroatoms. The minimum atomic E-state index is -0.238. The second kappa shape index (κ2) is 5.02. The van der Waals surface area contributed by atoms with E-state index in [0.29, 0.717) is 12.2 Å². The molecule has 13 heavy (non-hydrogen) atoms. The lowest BCUT2D eigenvalue weighted by molar-refractivity contribution is -0.142. The highest BCUT2D eigenvalue weighted by atomic mass is 16.6. The standard InChI is InChI=1S/C10H16O3/c1-3-8(2)10(11)13-7-9-5-4-6-12-9/h3,9H,4-7H2,1-2H3/b8-3+. The predicted molar refractivity (Wildman–Crippen MR) is 49.4 cm³/mol. The summed E-state index contributed by atoms with van der Waals surface area (Å²) in [4.78, 5) is 11.2. The smallest absolute Gasteiger partial charge is 0.333 e. The summed E-state index contributed by atoms with van der Waals surface area (Å²) in [6, 6.07) is 0. The van der Waals surface area contributed by atoms with E-state index in [1.807, 2.05) is 6.92 Å². The summed E-state index contributed by atoms with van der Waals surface area (Å²) in [7, 11) is 0. The van der Waals surface area contributed by atoms with Gasteiger partial charge in [-0.2, -0.15) is 0 Å². The second-order valence-electron chi connectivity index (χ2n) is 3.21. The first kappa shape index (κ1) is 10.3. The fourth-order valence-electron chi connectivity index (χ4n) is 1.18. The summed E-state index contributed by atoms with van der Waals surface area (Å²) in [6.07, 6.45) is 3.94. The van der Waals surface area contributed by atoms with Gasteiger partial charge in [0.25, 0.3) is 0 Å². The topological polar surface area (TPSA) is 35.5 Å². The van der Waals surface area contributed by atoms with Crippen molar-refractivity contribution in [2.24, 2.45) is 0 Å². The van der Waals surface area contributed by atoms with Gasteiger partial charge in [0.15, 0.2) is 0 Å². The summed E-state index contributed by atoms with van der Waals surface area (Å²) >= 11 is 0. The first-order chi connectivity index (χ1) is 6.24. The lowest BCUT2D eigenvalue weighted by atomic mass is 10.2. The SMILES string of the molecule is C/C=C(\C)C(=O)OCC1CCCO1. The average Bonchev–Trinajstić information content (AvgIpc) is 2.65. The van der Waals surface area contributed by atoms with Crippen molar-refractivity contribution in [1.29, 1.82) is 0 Å². The third-order valence-electron chi connectivity index (χ3n) is 2.18. The Bertz CT molecular complexity index is 202. The number of rotatable bonds is 3. The summed E-state index contributed by atoms with van der Waals surface area (Å²) in [5, 5.41) is 0. The molecule has 1 saturated heterocycles. The molecule has 0 aliphatic carbocycles. The zero-order chi connectivity index (χ0) is 9.68. The molecule has 1 aliphatic heterocycles. The van der Waals surface area contributed by atoms with E-state index in [-0.39, 0.29) is 12.1 Å². The van der Waals surface area contributed by atoms with Crippen LogP contribution in [0.25, 0.3) is 0 Å². The van der Waals surface area contributed by atoms with Crippen LogP contribution in [0.5, 0.6) is 0 Å². The van der Waals surface area contributed by atoms with Crippen molar-refractivity contribution in [3.05, 3.63) is 11.6 Å². The van der Waals surface area contributed by atoms with Gasteiger partial charge in [0.1, 0.15) is 6.61 Å². The molecule has 0 saturated carbocycles. The molecule has 0 aromatic heterocycles. The minimum absolute atomic E-state index is 0.119. The summed E-state index contributed by atoms with van der Waals surface area (Å²) in [6.45, 7) is 4.76. The number of carbonyl (C=O) groups excluding carboxylic acids is 1. The van der Waals surface area contributed by atoms with Crippen LogP contribution in [0.2, 0.25) is 0 Å². The fourth-order valence-corrected chi connectivity index (χ4v) is 1.18. The van der Waals surface area contributed by atoms with Crippen LogP contribution in [-0.4, -0.2) is 25.3 Å². The zero-order valence-corrected chi connectivity index (χ0v) is 8.21. The van der Waals surface area contributed by atoms with Gasteiger partial charge in [-0.25, -0.2) is 4.79 Å². The largest absolute Gasteiger partial charge is 0.460 e. The van der Waals surface area contributed by atoms with Gasteiger partial charge in [-0.1, -0.05) is 6.08 Å². The van der Waals surface area contributed by atoms with Crippen molar-refractivity contribution in [1.82, 2.24) is 0 Å². The van der Waals surface area contributed by atoms with Crippen molar-refractivity contribution in [2.45, 2.75) is 32.8 Å². The maximum absolute atomic E-state index is 11.2. The third kappa shape index (κ3) is 3.19. The molecule has 0 radical (unpaired) electrons. The van der Waals surface area contributed by atoms with Crippen molar-refractivity contribution in [3.63, 3.8) is 0 Å². The van der Waals surface area contributed by atoms with Gasteiger partial charge in [-0.15, -0.1) is 0 Å². The summed E-state index contributed by atoms with van der Waals surface area (Å²) in [5.41, 5.74) is 0.651. The van der Waals surface area contributed by atoms with Crippen LogP contribution in [-0.2, 0) is 14.3 Å². The monoisotopic (exact) mass is 184 g/mol. The molecule has 0 aromatic carbocycles. The molecule has 3 nitrogen and oxygen atoms in total. The quantitative estimate of drug-likeness (QED) is 0.494. The molecular weight excluding hydrogens is 168 g/mol. The van der Waals surface area contributed by atoms with E-state index < -0.39 is 0 Å². The molecule has 0 amide bonds. The van der Waals surface area contributed by atoms with Crippen LogP contribution in [0.1, 0.15) is 26.7 Å². The Labute approximate surface area is 78.7 Å². The Kier molecular flexibility index (Phi) is 3.96. The Morgan fingerprint density at radius 3 is 3.00 bits per heavy atom.